The predicted molar refractivity (Wildman–Crippen MR) is 204 cm³/mol. The van der Waals surface area contributed by atoms with Gasteiger partial charge in [0.2, 0.25) is 11.8 Å². The van der Waals surface area contributed by atoms with Crippen LogP contribution in [-0.2, 0) is 9.59 Å². The van der Waals surface area contributed by atoms with Gasteiger partial charge in [0.25, 0.3) is 11.8 Å². The molecule has 2 fully saturated rings. The second-order valence-electron chi connectivity index (χ2n) is 13.7. The Morgan fingerprint density at radius 2 is 1.45 bits per heavy atom. The smallest absolute Gasteiger partial charge is 0.262 e. The summed E-state index contributed by atoms with van der Waals surface area (Å²) in [5, 5.41) is 12.2. The van der Waals surface area contributed by atoms with Crippen LogP contribution in [0, 0.1) is 0 Å². The summed E-state index contributed by atoms with van der Waals surface area (Å²) in [4.78, 5) is 56.0. The Balaban J connectivity index is 0.889. The number of fused-ring (bicyclic) bond motifs is 1. The summed E-state index contributed by atoms with van der Waals surface area (Å²) >= 11 is 0. The van der Waals surface area contributed by atoms with Gasteiger partial charge >= 0.3 is 0 Å². The third kappa shape index (κ3) is 7.73. The largest absolute Gasteiger partial charge is 0.508 e. The molecule has 3 heterocycles. The maximum atomic E-state index is 13.3. The molecule has 10 nitrogen and oxygen atoms in total. The molecule has 3 aliphatic heterocycles. The molecule has 0 spiro atoms. The molecular weight excluding hydrogens is 668 g/mol. The number of nitrogens with one attached hydrogen (secondary N) is 1. The average molecular weight is 713 g/mol. The molecule has 10 heteroatoms. The number of unbranched alkanes of at least 4 members (excludes halogenated alkanes) is 1. The van der Waals surface area contributed by atoms with Crippen LogP contribution < -0.4 is 15.0 Å². The first-order valence-electron chi connectivity index (χ1n) is 18.4. The number of nitrogens with zero attached hydrogens (tertiary/aromatic N) is 3. The van der Waals surface area contributed by atoms with Gasteiger partial charge in [-0.2, -0.15) is 0 Å². The van der Waals surface area contributed by atoms with Gasteiger partial charge in [-0.3, -0.25) is 34.3 Å². The van der Waals surface area contributed by atoms with Crippen LogP contribution in [-0.4, -0.2) is 83.9 Å². The van der Waals surface area contributed by atoms with E-state index in [-0.39, 0.29) is 24.5 Å². The van der Waals surface area contributed by atoms with Crippen LogP contribution >= 0.6 is 0 Å². The molecule has 4 amide bonds. The molecule has 2 saturated heterocycles. The number of allylic oxidation sites excluding steroid dienone is 1. The van der Waals surface area contributed by atoms with E-state index >= 15 is 0 Å². The number of amides is 4. The highest BCUT2D eigenvalue weighted by Gasteiger charge is 2.44. The molecule has 0 aromatic heterocycles. The van der Waals surface area contributed by atoms with E-state index in [2.05, 4.69) is 58.4 Å². The van der Waals surface area contributed by atoms with Crippen molar-refractivity contribution in [1.29, 1.82) is 0 Å². The summed E-state index contributed by atoms with van der Waals surface area (Å²) < 4.78 is 6.14. The molecule has 3 aliphatic rings. The van der Waals surface area contributed by atoms with Crippen molar-refractivity contribution in [1.82, 2.24) is 15.1 Å². The lowest BCUT2D eigenvalue weighted by Gasteiger charge is -2.36. The van der Waals surface area contributed by atoms with Crippen molar-refractivity contribution in [3.63, 3.8) is 0 Å². The van der Waals surface area contributed by atoms with Gasteiger partial charge < -0.3 is 14.7 Å². The van der Waals surface area contributed by atoms with Crippen LogP contribution in [0.5, 0.6) is 11.5 Å². The zero-order chi connectivity index (χ0) is 36.9. The van der Waals surface area contributed by atoms with Gasteiger partial charge in [0, 0.05) is 38.3 Å². The number of hydrogen-bond donors (Lipinski definition) is 2. The molecular formula is C43H44N4O6. The fraction of sp³-hybridized carbons (Fsp3) is 0.302. The second-order valence-corrected chi connectivity index (χ2v) is 13.7. The van der Waals surface area contributed by atoms with Gasteiger partial charge in [0.15, 0.2) is 0 Å². The van der Waals surface area contributed by atoms with Crippen LogP contribution in [0.2, 0.25) is 0 Å². The fourth-order valence-electron chi connectivity index (χ4n) is 7.54. The van der Waals surface area contributed by atoms with Crippen molar-refractivity contribution in [3.8, 4) is 11.5 Å². The number of ether oxygens (including phenoxy) is 1. The maximum absolute atomic E-state index is 13.3. The molecule has 53 heavy (non-hydrogen) atoms. The molecule has 4 aromatic rings. The SMILES string of the molecule is CC/C(=C(\c1ccc(O)cc1)c1ccc(OCCCCN2CCN(c3ccc4c(c3)C(=O)N(C3CCC(=O)NC3=O)C4=O)CC2)cc1)c1ccccc1. The first-order chi connectivity index (χ1) is 25.8. The number of benzene rings is 4. The van der Waals surface area contributed by atoms with Crippen LogP contribution in [0.1, 0.15) is 76.4 Å². The van der Waals surface area contributed by atoms with Gasteiger partial charge in [0.05, 0.1) is 17.7 Å². The van der Waals surface area contributed by atoms with E-state index in [1.807, 2.05) is 36.4 Å². The van der Waals surface area contributed by atoms with Crippen LogP contribution in [0.25, 0.3) is 11.1 Å². The van der Waals surface area contributed by atoms with Gasteiger partial charge in [-0.05, 0) is 103 Å². The first kappa shape index (κ1) is 35.7. The quantitative estimate of drug-likeness (QED) is 0.102. The minimum Gasteiger partial charge on any atom is -0.508 e. The Labute approximate surface area is 309 Å². The number of carbonyl (C=O) groups is 4. The molecule has 7 rings (SSSR count). The molecule has 0 bridgehead atoms. The van der Waals surface area contributed by atoms with E-state index in [1.54, 1.807) is 24.3 Å². The fourth-order valence-corrected chi connectivity index (χ4v) is 7.54. The highest BCUT2D eigenvalue weighted by atomic mass is 16.5. The Hall–Kier alpha value is -5.74. The highest BCUT2D eigenvalue weighted by Crippen LogP contribution is 2.36. The Bertz CT molecular complexity index is 2020. The summed E-state index contributed by atoms with van der Waals surface area (Å²) in [5.41, 5.74) is 7.19. The number of carbonyl (C=O) groups excluding carboxylic acids is 4. The summed E-state index contributed by atoms with van der Waals surface area (Å²) in [6.07, 6.45) is 3.03. The monoisotopic (exact) mass is 712 g/mol. The molecule has 1 atom stereocenters. The average Bonchev–Trinajstić information content (AvgIpc) is 3.43. The summed E-state index contributed by atoms with van der Waals surface area (Å²) in [7, 11) is 0. The number of phenols is 1. The van der Waals surface area contributed by atoms with E-state index in [1.165, 1.54) is 11.1 Å². The highest BCUT2D eigenvalue weighted by molar-refractivity contribution is 6.23. The molecule has 1 unspecified atom stereocenters. The first-order valence-corrected chi connectivity index (χ1v) is 18.4. The lowest BCUT2D eigenvalue weighted by atomic mass is 9.88. The third-order valence-electron chi connectivity index (χ3n) is 10.4. The van der Waals surface area contributed by atoms with Gasteiger partial charge in [-0.1, -0.05) is 61.5 Å². The van der Waals surface area contributed by atoms with Crippen molar-refractivity contribution in [2.75, 3.05) is 44.2 Å². The van der Waals surface area contributed by atoms with Crippen LogP contribution in [0.4, 0.5) is 5.69 Å². The zero-order valence-electron chi connectivity index (χ0n) is 29.9. The van der Waals surface area contributed by atoms with Gasteiger partial charge in [-0.15, -0.1) is 0 Å². The number of piperidine rings is 1. The molecule has 0 saturated carbocycles. The molecule has 272 valence electrons. The standard InChI is InChI=1S/C43H44N4O6/c1-2-35(29-8-4-3-5-9-29)40(30-10-15-33(48)16-11-30)31-12-17-34(18-13-31)53-27-7-6-22-45-23-25-46(26-24-45)32-14-19-36-37(28-32)43(52)47(42(36)51)38-20-21-39(49)44-41(38)50/h3-5,8-19,28,38,48H,2,6-7,20-27H2,1H3,(H,44,49,50)/b40-35-. The van der Waals surface area contributed by atoms with E-state index < -0.39 is 23.8 Å². The minimum absolute atomic E-state index is 0.0957. The second kappa shape index (κ2) is 15.9. The predicted octanol–water partition coefficient (Wildman–Crippen LogP) is 6.14. The van der Waals surface area contributed by atoms with Crippen molar-refractivity contribution in [3.05, 3.63) is 125 Å². The minimum atomic E-state index is -0.967. The number of rotatable bonds is 12. The maximum Gasteiger partial charge on any atom is 0.262 e. The molecule has 4 aromatic carbocycles. The summed E-state index contributed by atoms with van der Waals surface area (Å²) in [5.74, 6) is -0.889. The van der Waals surface area contributed by atoms with Crippen molar-refractivity contribution in [2.24, 2.45) is 0 Å². The number of aromatic hydroxyl groups is 1. The third-order valence-corrected chi connectivity index (χ3v) is 10.4. The number of hydrogen-bond acceptors (Lipinski definition) is 8. The Morgan fingerprint density at radius 3 is 2.13 bits per heavy atom. The van der Waals surface area contributed by atoms with Crippen molar-refractivity contribution < 1.29 is 29.0 Å². The summed E-state index contributed by atoms with van der Waals surface area (Å²) in [6, 6.07) is 30.4. The van der Waals surface area contributed by atoms with E-state index in [4.69, 9.17) is 4.74 Å². The van der Waals surface area contributed by atoms with Crippen LogP contribution in [0.3, 0.4) is 0 Å². The molecule has 0 aliphatic carbocycles. The normalized spacial score (nSPS) is 18.2. The zero-order valence-corrected chi connectivity index (χ0v) is 29.9. The van der Waals surface area contributed by atoms with Gasteiger partial charge in [-0.25, -0.2) is 0 Å². The topological polar surface area (TPSA) is 119 Å². The summed E-state index contributed by atoms with van der Waals surface area (Å²) in [6.45, 7) is 7.12. The number of imide groups is 2. The lowest BCUT2D eigenvalue weighted by Crippen LogP contribution is -2.54. The number of piperazine rings is 1. The number of anilines is 1. The number of phenolic OH excluding ortho intramolecular Hbond substituents is 1. The lowest BCUT2D eigenvalue weighted by molar-refractivity contribution is -0.136. The molecule has 2 N–H and O–H groups in total. The van der Waals surface area contributed by atoms with Gasteiger partial charge in [0.1, 0.15) is 17.5 Å². The molecule has 0 radical (unpaired) electrons. The van der Waals surface area contributed by atoms with Crippen molar-refractivity contribution in [2.45, 2.75) is 45.1 Å². The Morgan fingerprint density at radius 1 is 0.774 bits per heavy atom. The Kier molecular flexibility index (Phi) is 10.7. The van der Waals surface area contributed by atoms with E-state index in [9.17, 15) is 24.3 Å². The van der Waals surface area contributed by atoms with Crippen molar-refractivity contribution >= 4 is 40.5 Å². The van der Waals surface area contributed by atoms with Crippen LogP contribution in [0.15, 0.2) is 97.1 Å². The van der Waals surface area contributed by atoms with E-state index in [0.717, 1.165) is 85.0 Å². The van der Waals surface area contributed by atoms with E-state index in [0.29, 0.717) is 17.7 Å².